The molecule has 1 aromatic heterocycles. The predicted molar refractivity (Wildman–Crippen MR) is 106 cm³/mol. The van der Waals surface area contributed by atoms with Crippen LogP contribution < -0.4 is 9.47 Å². The number of rotatable bonds is 2. The zero-order valence-corrected chi connectivity index (χ0v) is 15.7. The van der Waals surface area contributed by atoms with Crippen molar-refractivity contribution in [1.82, 2.24) is 14.8 Å². The molecule has 0 unspecified atom stereocenters. The highest BCUT2D eigenvalue weighted by atomic mass is 16.7. The fourth-order valence-electron chi connectivity index (χ4n) is 3.78. The van der Waals surface area contributed by atoms with Gasteiger partial charge in [-0.05, 0) is 36.4 Å². The van der Waals surface area contributed by atoms with Crippen LogP contribution in [-0.2, 0) is 0 Å². The number of amides is 2. The van der Waals surface area contributed by atoms with Gasteiger partial charge in [0.1, 0.15) is 0 Å². The van der Waals surface area contributed by atoms with E-state index in [1.165, 1.54) is 0 Å². The Morgan fingerprint density at radius 2 is 1.59 bits per heavy atom. The summed E-state index contributed by atoms with van der Waals surface area (Å²) < 4.78 is 10.7. The first-order chi connectivity index (χ1) is 14.2. The molecule has 2 amide bonds. The third-order valence-electron chi connectivity index (χ3n) is 5.35. The average molecular weight is 389 g/mol. The molecule has 7 nitrogen and oxygen atoms in total. The smallest absolute Gasteiger partial charge is 0.254 e. The molecule has 0 atom stereocenters. The van der Waals surface area contributed by atoms with Gasteiger partial charge < -0.3 is 19.3 Å². The second-order valence-corrected chi connectivity index (χ2v) is 7.03. The zero-order valence-electron chi connectivity index (χ0n) is 15.7. The second-order valence-electron chi connectivity index (χ2n) is 7.03. The normalized spacial score (nSPS) is 15.6. The Bertz CT molecular complexity index is 1100. The Labute approximate surface area is 167 Å². The lowest BCUT2D eigenvalue weighted by atomic mass is 10.1. The molecule has 0 bridgehead atoms. The average Bonchev–Trinajstić information content (AvgIpc) is 3.26. The summed E-state index contributed by atoms with van der Waals surface area (Å²) in [6.07, 6.45) is 1.72. The number of carbonyl (C=O) groups excluding carboxylic acids is 2. The van der Waals surface area contributed by atoms with E-state index in [0.29, 0.717) is 48.8 Å². The summed E-state index contributed by atoms with van der Waals surface area (Å²) in [5.74, 6) is 1.15. The van der Waals surface area contributed by atoms with E-state index in [1.54, 1.807) is 34.2 Å². The first-order valence-corrected chi connectivity index (χ1v) is 9.53. The maximum absolute atomic E-state index is 13.1. The maximum atomic E-state index is 13.1. The van der Waals surface area contributed by atoms with Crippen LogP contribution in [0.5, 0.6) is 11.5 Å². The molecular weight excluding hydrogens is 370 g/mol. The third kappa shape index (κ3) is 3.14. The molecule has 1 fully saturated rings. The zero-order chi connectivity index (χ0) is 19.8. The number of fused-ring (bicyclic) bond motifs is 2. The van der Waals surface area contributed by atoms with Crippen molar-refractivity contribution in [2.75, 3.05) is 33.0 Å². The van der Waals surface area contributed by atoms with Crippen LogP contribution in [0.2, 0.25) is 0 Å². The number of ether oxygens (including phenoxy) is 2. The minimum atomic E-state index is -0.0650. The van der Waals surface area contributed by atoms with Crippen molar-refractivity contribution in [3.63, 3.8) is 0 Å². The number of carbonyl (C=O) groups is 2. The number of piperazine rings is 1. The molecule has 0 spiro atoms. The van der Waals surface area contributed by atoms with E-state index >= 15 is 0 Å². The van der Waals surface area contributed by atoms with Gasteiger partial charge in [-0.15, -0.1) is 0 Å². The molecule has 7 heteroatoms. The van der Waals surface area contributed by atoms with Crippen LogP contribution >= 0.6 is 0 Å². The predicted octanol–water partition coefficient (Wildman–Crippen LogP) is 2.56. The monoisotopic (exact) mass is 389 g/mol. The van der Waals surface area contributed by atoms with E-state index in [1.807, 2.05) is 30.3 Å². The van der Waals surface area contributed by atoms with Crippen LogP contribution in [0.1, 0.15) is 20.7 Å². The summed E-state index contributed by atoms with van der Waals surface area (Å²) >= 11 is 0. The molecule has 0 radical (unpaired) electrons. The Balaban J connectivity index is 1.29. The Hall–Kier alpha value is -3.61. The summed E-state index contributed by atoms with van der Waals surface area (Å²) in [6, 6.07) is 14.5. The van der Waals surface area contributed by atoms with Crippen molar-refractivity contribution < 1.29 is 19.1 Å². The van der Waals surface area contributed by atoms with Crippen LogP contribution in [-0.4, -0.2) is 59.6 Å². The molecule has 0 aliphatic carbocycles. The Kier molecular flexibility index (Phi) is 4.27. The molecule has 2 aliphatic heterocycles. The van der Waals surface area contributed by atoms with E-state index in [-0.39, 0.29) is 18.6 Å². The minimum absolute atomic E-state index is 0.0289. The van der Waals surface area contributed by atoms with Crippen LogP contribution in [0.3, 0.4) is 0 Å². The highest BCUT2D eigenvalue weighted by Gasteiger charge is 2.27. The van der Waals surface area contributed by atoms with E-state index < -0.39 is 0 Å². The lowest BCUT2D eigenvalue weighted by Gasteiger charge is -2.35. The number of aromatic nitrogens is 1. The van der Waals surface area contributed by atoms with Gasteiger partial charge in [0.15, 0.2) is 11.5 Å². The molecule has 2 aliphatic rings. The van der Waals surface area contributed by atoms with Crippen molar-refractivity contribution in [2.45, 2.75) is 0 Å². The SMILES string of the molecule is O=C(c1ccc2c(c1)OCO2)N1CCN(C(=O)c2cccc3ncccc23)CC1. The summed E-state index contributed by atoms with van der Waals surface area (Å²) in [5.41, 5.74) is 2.01. The Morgan fingerprint density at radius 1 is 0.828 bits per heavy atom. The van der Waals surface area contributed by atoms with Gasteiger partial charge >= 0.3 is 0 Å². The standard InChI is InChI=1S/C22H19N3O4/c26-21(15-6-7-19-20(13-15)29-14-28-19)24-9-11-25(12-10-24)22(27)17-3-1-5-18-16(17)4-2-8-23-18/h1-8,13H,9-12,14H2. The van der Waals surface area contributed by atoms with E-state index in [9.17, 15) is 9.59 Å². The molecular formula is C22H19N3O4. The van der Waals surface area contributed by atoms with E-state index in [4.69, 9.17) is 9.47 Å². The number of benzene rings is 2. The molecule has 5 rings (SSSR count). The molecule has 1 saturated heterocycles. The first kappa shape index (κ1) is 17.5. The van der Waals surface area contributed by atoms with Crippen molar-refractivity contribution in [3.8, 4) is 11.5 Å². The van der Waals surface area contributed by atoms with Gasteiger partial charge in [0.25, 0.3) is 11.8 Å². The molecule has 3 heterocycles. The minimum Gasteiger partial charge on any atom is -0.454 e. The lowest BCUT2D eigenvalue weighted by molar-refractivity contribution is 0.0536. The number of hydrogen-bond acceptors (Lipinski definition) is 5. The van der Waals surface area contributed by atoms with Gasteiger partial charge in [-0.1, -0.05) is 12.1 Å². The molecule has 2 aromatic carbocycles. The van der Waals surface area contributed by atoms with Gasteiger partial charge in [-0.3, -0.25) is 14.6 Å². The summed E-state index contributed by atoms with van der Waals surface area (Å²) in [6.45, 7) is 2.14. The fraction of sp³-hybridized carbons (Fsp3) is 0.227. The van der Waals surface area contributed by atoms with Gasteiger partial charge in [-0.2, -0.15) is 0 Å². The number of nitrogens with zero attached hydrogens (tertiary/aromatic N) is 3. The molecule has 3 aromatic rings. The van der Waals surface area contributed by atoms with Crippen molar-refractivity contribution >= 4 is 22.7 Å². The molecule has 29 heavy (non-hydrogen) atoms. The van der Waals surface area contributed by atoms with Crippen LogP contribution in [0.25, 0.3) is 10.9 Å². The highest BCUT2D eigenvalue weighted by molar-refractivity contribution is 6.06. The van der Waals surface area contributed by atoms with Gasteiger partial charge in [0, 0.05) is 48.9 Å². The highest BCUT2D eigenvalue weighted by Crippen LogP contribution is 2.33. The van der Waals surface area contributed by atoms with E-state index in [0.717, 1.165) is 10.9 Å². The van der Waals surface area contributed by atoms with E-state index in [2.05, 4.69) is 4.98 Å². The maximum Gasteiger partial charge on any atom is 0.254 e. The van der Waals surface area contributed by atoms with Gasteiger partial charge in [-0.25, -0.2) is 0 Å². The third-order valence-corrected chi connectivity index (χ3v) is 5.35. The van der Waals surface area contributed by atoms with Gasteiger partial charge in [0.05, 0.1) is 5.52 Å². The molecule has 0 N–H and O–H groups in total. The summed E-state index contributed by atoms with van der Waals surface area (Å²) in [4.78, 5) is 33.8. The number of pyridine rings is 1. The van der Waals surface area contributed by atoms with Crippen molar-refractivity contribution in [2.24, 2.45) is 0 Å². The molecule has 146 valence electrons. The van der Waals surface area contributed by atoms with Crippen molar-refractivity contribution in [1.29, 1.82) is 0 Å². The van der Waals surface area contributed by atoms with Crippen LogP contribution in [0, 0.1) is 0 Å². The van der Waals surface area contributed by atoms with Crippen molar-refractivity contribution in [3.05, 3.63) is 65.9 Å². The largest absolute Gasteiger partial charge is 0.454 e. The van der Waals surface area contributed by atoms with Crippen LogP contribution in [0.15, 0.2) is 54.7 Å². The lowest BCUT2D eigenvalue weighted by Crippen LogP contribution is -2.50. The summed E-state index contributed by atoms with van der Waals surface area (Å²) in [7, 11) is 0. The first-order valence-electron chi connectivity index (χ1n) is 9.53. The topological polar surface area (TPSA) is 72.0 Å². The Morgan fingerprint density at radius 3 is 2.41 bits per heavy atom. The van der Waals surface area contributed by atoms with Gasteiger partial charge in [0.2, 0.25) is 6.79 Å². The second kappa shape index (κ2) is 7.09. The quantitative estimate of drug-likeness (QED) is 0.674. The van der Waals surface area contributed by atoms with Crippen LogP contribution in [0.4, 0.5) is 0 Å². The molecule has 0 saturated carbocycles. The summed E-state index contributed by atoms with van der Waals surface area (Å²) in [5, 5.41) is 0.846. The fourth-order valence-corrected chi connectivity index (χ4v) is 3.78. The number of hydrogen-bond donors (Lipinski definition) is 0.